The molecule has 3 heterocycles. The highest BCUT2D eigenvalue weighted by Crippen LogP contribution is 2.34. The lowest BCUT2D eigenvalue weighted by molar-refractivity contribution is 0.0786. The van der Waals surface area contributed by atoms with Crippen LogP contribution in [0.4, 0.5) is 0 Å². The van der Waals surface area contributed by atoms with E-state index in [0.29, 0.717) is 16.9 Å². The molecular weight excluding hydrogens is 314 g/mol. The number of fused-ring (bicyclic) bond motifs is 3. The molecule has 4 rings (SSSR count). The van der Waals surface area contributed by atoms with Gasteiger partial charge in [0.15, 0.2) is 5.65 Å². The summed E-state index contributed by atoms with van der Waals surface area (Å²) in [7, 11) is 1.90. The number of aromatic amines is 1. The Labute approximate surface area is 144 Å². The van der Waals surface area contributed by atoms with Gasteiger partial charge in [-0.2, -0.15) is 5.26 Å². The first kappa shape index (κ1) is 15.4. The highest BCUT2D eigenvalue weighted by atomic mass is 16.3. The average molecular weight is 331 g/mol. The van der Waals surface area contributed by atoms with Crippen LogP contribution in [0.2, 0.25) is 0 Å². The number of rotatable bonds is 2. The van der Waals surface area contributed by atoms with E-state index in [-0.39, 0.29) is 0 Å². The first-order valence-corrected chi connectivity index (χ1v) is 7.96. The Balaban J connectivity index is 1.98. The number of pyridine rings is 1. The van der Waals surface area contributed by atoms with Gasteiger partial charge in [-0.25, -0.2) is 9.97 Å². The molecule has 2 N–H and O–H groups in total. The van der Waals surface area contributed by atoms with Crippen LogP contribution in [-0.4, -0.2) is 24.9 Å². The maximum atomic E-state index is 10.1. The Hall–Kier alpha value is -3.17. The molecule has 3 aromatic heterocycles. The molecule has 0 saturated carbocycles. The Morgan fingerprint density at radius 2 is 1.96 bits per heavy atom. The Bertz CT molecular complexity index is 1140. The van der Waals surface area contributed by atoms with Crippen molar-refractivity contribution in [1.29, 1.82) is 5.26 Å². The molecule has 0 radical (unpaired) electrons. The zero-order chi connectivity index (χ0) is 17.8. The summed E-state index contributed by atoms with van der Waals surface area (Å²) >= 11 is 0. The standard InChI is InChI=1S/C19H17N5O/c1-19(2,25)13-6-4-11(5-7-13)16-14(8-20)15-17-12(10-22-24(17)3)9-21-18(15)23-16/h4-7,9-10,22,25H,1-3H3. The molecule has 4 aromatic rings. The summed E-state index contributed by atoms with van der Waals surface area (Å²) in [4.78, 5) is 8.99. The predicted octanol–water partition coefficient (Wildman–Crippen LogP) is 3.22. The van der Waals surface area contributed by atoms with Crippen LogP contribution < -0.4 is 0 Å². The lowest BCUT2D eigenvalue weighted by Gasteiger charge is -2.17. The molecule has 6 nitrogen and oxygen atoms in total. The second-order valence-electron chi connectivity index (χ2n) is 6.68. The van der Waals surface area contributed by atoms with Crippen molar-refractivity contribution in [2.24, 2.45) is 7.05 Å². The van der Waals surface area contributed by atoms with Crippen LogP contribution in [0.3, 0.4) is 0 Å². The van der Waals surface area contributed by atoms with Crippen molar-refractivity contribution in [3.63, 3.8) is 0 Å². The van der Waals surface area contributed by atoms with Gasteiger partial charge in [0.1, 0.15) is 6.07 Å². The number of nitrogens with one attached hydrogen (secondary N) is 1. The number of aliphatic hydroxyl groups is 1. The molecule has 0 bridgehead atoms. The fourth-order valence-corrected chi connectivity index (χ4v) is 3.15. The van der Waals surface area contributed by atoms with Crippen molar-refractivity contribution in [3.8, 4) is 17.3 Å². The minimum absolute atomic E-state index is 0.513. The van der Waals surface area contributed by atoms with Crippen molar-refractivity contribution in [2.45, 2.75) is 19.4 Å². The highest BCUT2D eigenvalue weighted by Gasteiger charge is 2.20. The van der Waals surface area contributed by atoms with E-state index in [1.807, 2.05) is 42.2 Å². The van der Waals surface area contributed by atoms with E-state index in [4.69, 9.17) is 0 Å². The van der Waals surface area contributed by atoms with Crippen LogP contribution in [-0.2, 0) is 12.6 Å². The van der Waals surface area contributed by atoms with Gasteiger partial charge in [-0.1, -0.05) is 24.3 Å². The summed E-state index contributed by atoms with van der Waals surface area (Å²) in [5, 5.41) is 24.7. The van der Waals surface area contributed by atoms with Gasteiger partial charge in [0.25, 0.3) is 0 Å². The van der Waals surface area contributed by atoms with Crippen LogP contribution in [0, 0.1) is 11.3 Å². The molecule has 0 aliphatic carbocycles. The number of benzene rings is 1. The van der Waals surface area contributed by atoms with Gasteiger partial charge < -0.3 is 10.2 Å². The maximum absolute atomic E-state index is 10.1. The molecule has 0 atom stereocenters. The van der Waals surface area contributed by atoms with Gasteiger partial charge in [-0.15, -0.1) is 0 Å². The van der Waals surface area contributed by atoms with Gasteiger partial charge in [0.05, 0.1) is 27.8 Å². The molecule has 0 aliphatic rings. The number of aromatic nitrogens is 4. The monoisotopic (exact) mass is 331 g/mol. The fourth-order valence-electron chi connectivity index (χ4n) is 3.15. The fraction of sp³-hybridized carbons (Fsp3) is 0.211. The number of hydrogen-bond donors (Lipinski definition) is 2. The zero-order valence-corrected chi connectivity index (χ0v) is 14.2. The predicted molar refractivity (Wildman–Crippen MR) is 95.8 cm³/mol. The van der Waals surface area contributed by atoms with Gasteiger partial charge in [-0.3, -0.25) is 4.68 Å². The van der Waals surface area contributed by atoms with Crippen LogP contribution in [0.25, 0.3) is 33.2 Å². The Kier molecular flexibility index (Phi) is 3.17. The molecule has 0 spiro atoms. The molecule has 0 aliphatic heterocycles. The third-order valence-corrected chi connectivity index (χ3v) is 4.49. The minimum Gasteiger partial charge on any atom is -0.386 e. The third kappa shape index (κ3) is 2.29. The van der Waals surface area contributed by atoms with Crippen LogP contribution in [0.1, 0.15) is 25.0 Å². The molecule has 6 heteroatoms. The van der Waals surface area contributed by atoms with E-state index >= 15 is 0 Å². The number of nitriles is 1. The first-order valence-electron chi connectivity index (χ1n) is 7.96. The molecular formula is C19H17N5O. The van der Waals surface area contributed by atoms with Gasteiger partial charge >= 0.3 is 0 Å². The van der Waals surface area contributed by atoms with E-state index in [0.717, 1.165) is 27.4 Å². The SMILES string of the molecule is Cn1[nH]cc2cnc3nc(-c4ccc(C(C)(C)O)cc4)c(C#N)c3c21. The van der Waals surface area contributed by atoms with Gasteiger partial charge in [0, 0.05) is 30.4 Å². The number of hydrogen-bond acceptors (Lipinski definition) is 4. The number of H-pyrrole nitrogens is 1. The molecule has 0 saturated heterocycles. The smallest absolute Gasteiger partial charge is 0.163 e. The van der Waals surface area contributed by atoms with Gasteiger partial charge in [0.2, 0.25) is 0 Å². The molecule has 25 heavy (non-hydrogen) atoms. The summed E-state index contributed by atoms with van der Waals surface area (Å²) in [5.41, 5.74) is 3.32. The molecule has 1 aromatic carbocycles. The molecule has 0 amide bonds. The Morgan fingerprint density at radius 3 is 2.60 bits per heavy atom. The largest absolute Gasteiger partial charge is 0.386 e. The maximum Gasteiger partial charge on any atom is 0.163 e. The van der Waals surface area contributed by atoms with Gasteiger partial charge in [-0.05, 0) is 19.4 Å². The topological polar surface area (TPSA) is 90.5 Å². The average Bonchev–Trinajstić information content (AvgIpc) is 3.14. The molecule has 124 valence electrons. The van der Waals surface area contributed by atoms with Crippen molar-refractivity contribution < 1.29 is 5.11 Å². The van der Waals surface area contributed by atoms with E-state index in [1.54, 1.807) is 20.0 Å². The lowest BCUT2D eigenvalue weighted by Crippen LogP contribution is -2.14. The summed E-state index contributed by atoms with van der Waals surface area (Å²) in [6.07, 6.45) is 3.61. The van der Waals surface area contributed by atoms with Crippen LogP contribution in [0.15, 0.2) is 36.7 Å². The number of nitrogens with zero attached hydrogens (tertiary/aromatic N) is 4. The van der Waals surface area contributed by atoms with E-state index in [2.05, 4.69) is 21.1 Å². The molecule has 0 fully saturated rings. The normalized spacial score (nSPS) is 12.0. The van der Waals surface area contributed by atoms with E-state index in [9.17, 15) is 10.4 Å². The number of aryl methyl sites for hydroxylation is 1. The van der Waals surface area contributed by atoms with E-state index < -0.39 is 5.60 Å². The van der Waals surface area contributed by atoms with Crippen molar-refractivity contribution >= 4 is 21.9 Å². The Morgan fingerprint density at radius 1 is 1.24 bits per heavy atom. The highest BCUT2D eigenvalue weighted by molar-refractivity contribution is 6.08. The van der Waals surface area contributed by atoms with Crippen LogP contribution in [0.5, 0.6) is 0 Å². The first-order chi connectivity index (χ1) is 11.9. The second kappa shape index (κ2) is 5.16. The third-order valence-electron chi connectivity index (χ3n) is 4.49. The summed E-state index contributed by atoms with van der Waals surface area (Å²) in [6, 6.07) is 9.76. The van der Waals surface area contributed by atoms with Crippen molar-refractivity contribution in [3.05, 3.63) is 47.8 Å². The zero-order valence-electron chi connectivity index (χ0n) is 14.2. The van der Waals surface area contributed by atoms with Crippen molar-refractivity contribution in [2.75, 3.05) is 0 Å². The quantitative estimate of drug-likeness (QED) is 0.590. The van der Waals surface area contributed by atoms with E-state index in [1.165, 1.54) is 0 Å². The minimum atomic E-state index is -0.909. The summed E-state index contributed by atoms with van der Waals surface area (Å²) in [5.74, 6) is 0. The lowest BCUT2D eigenvalue weighted by atomic mass is 9.96. The van der Waals surface area contributed by atoms with Crippen LogP contribution >= 0.6 is 0 Å². The second-order valence-corrected chi connectivity index (χ2v) is 6.68. The summed E-state index contributed by atoms with van der Waals surface area (Å²) in [6.45, 7) is 3.48. The van der Waals surface area contributed by atoms with Crippen molar-refractivity contribution in [1.82, 2.24) is 19.7 Å². The molecule has 0 unspecified atom stereocenters. The summed E-state index contributed by atoms with van der Waals surface area (Å²) < 4.78 is 1.86.